The first-order chi connectivity index (χ1) is 8.32. The second kappa shape index (κ2) is 8.10. The van der Waals surface area contributed by atoms with Crippen LogP contribution in [-0.4, -0.2) is 42.8 Å². The Kier molecular flexibility index (Phi) is 7.61. The van der Waals surface area contributed by atoms with Gasteiger partial charge in [0.05, 0.1) is 19.1 Å². The lowest BCUT2D eigenvalue weighted by Gasteiger charge is -2.15. The van der Waals surface area contributed by atoms with Crippen molar-refractivity contribution in [1.82, 2.24) is 0 Å². The van der Waals surface area contributed by atoms with Crippen LogP contribution in [0.25, 0.3) is 0 Å². The van der Waals surface area contributed by atoms with Gasteiger partial charge in [0.25, 0.3) is 0 Å². The SMILES string of the molecule is CCOP(=O)(O)OCC(COC(C)=O)C(=O)C=O. The van der Waals surface area contributed by atoms with Crippen LogP contribution < -0.4 is 0 Å². The summed E-state index contributed by atoms with van der Waals surface area (Å²) in [5, 5.41) is 0. The minimum Gasteiger partial charge on any atom is -0.465 e. The predicted octanol–water partition coefficient (Wildman–Crippen LogP) is 0.0872. The maximum atomic E-state index is 11.2. The monoisotopic (exact) mass is 282 g/mol. The van der Waals surface area contributed by atoms with Crippen LogP contribution in [-0.2, 0) is 32.7 Å². The molecule has 0 aliphatic rings. The van der Waals surface area contributed by atoms with Gasteiger partial charge in [-0.05, 0) is 6.92 Å². The van der Waals surface area contributed by atoms with Crippen LogP contribution in [0.5, 0.6) is 0 Å². The van der Waals surface area contributed by atoms with Crippen LogP contribution in [0.1, 0.15) is 13.8 Å². The third-order valence-electron chi connectivity index (χ3n) is 1.74. The van der Waals surface area contributed by atoms with E-state index in [-0.39, 0.29) is 12.9 Å². The summed E-state index contributed by atoms with van der Waals surface area (Å²) in [5.41, 5.74) is 0. The summed E-state index contributed by atoms with van der Waals surface area (Å²) in [4.78, 5) is 41.2. The molecule has 0 aromatic heterocycles. The first kappa shape index (κ1) is 16.9. The van der Waals surface area contributed by atoms with Gasteiger partial charge in [0.1, 0.15) is 6.61 Å². The van der Waals surface area contributed by atoms with Crippen molar-refractivity contribution in [2.24, 2.45) is 5.92 Å². The third-order valence-corrected chi connectivity index (χ3v) is 2.80. The Bertz CT molecular complexity index is 352. The predicted molar refractivity (Wildman–Crippen MR) is 58.6 cm³/mol. The molecule has 8 nitrogen and oxygen atoms in total. The molecule has 0 rings (SSSR count). The minimum absolute atomic E-state index is 0.0283. The maximum Gasteiger partial charge on any atom is 0.472 e. The number of esters is 1. The van der Waals surface area contributed by atoms with E-state index in [1.165, 1.54) is 6.92 Å². The smallest absolute Gasteiger partial charge is 0.465 e. The van der Waals surface area contributed by atoms with E-state index >= 15 is 0 Å². The van der Waals surface area contributed by atoms with Gasteiger partial charge >= 0.3 is 13.8 Å². The molecule has 1 N–H and O–H groups in total. The number of rotatable bonds is 9. The molecule has 18 heavy (non-hydrogen) atoms. The minimum atomic E-state index is -4.25. The van der Waals surface area contributed by atoms with E-state index < -0.39 is 38.7 Å². The number of aldehydes is 1. The van der Waals surface area contributed by atoms with Gasteiger partial charge in [0.2, 0.25) is 5.78 Å². The highest BCUT2D eigenvalue weighted by Crippen LogP contribution is 2.43. The fraction of sp³-hybridized carbons (Fsp3) is 0.667. The van der Waals surface area contributed by atoms with Crippen LogP contribution in [0, 0.1) is 5.92 Å². The van der Waals surface area contributed by atoms with Gasteiger partial charge in [-0.1, -0.05) is 0 Å². The number of hydrogen-bond acceptors (Lipinski definition) is 7. The van der Waals surface area contributed by atoms with Gasteiger partial charge < -0.3 is 9.63 Å². The molecule has 0 amide bonds. The van der Waals surface area contributed by atoms with Crippen molar-refractivity contribution in [1.29, 1.82) is 0 Å². The van der Waals surface area contributed by atoms with Gasteiger partial charge in [-0.25, -0.2) is 4.57 Å². The quantitative estimate of drug-likeness (QED) is 0.273. The number of hydrogen-bond donors (Lipinski definition) is 1. The van der Waals surface area contributed by atoms with Crippen molar-refractivity contribution >= 4 is 25.9 Å². The summed E-state index contributed by atoms with van der Waals surface area (Å²) in [6.07, 6.45) is 0.0283. The summed E-state index contributed by atoms with van der Waals surface area (Å²) in [6.45, 7) is 1.60. The number of phosphoric acid groups is 1. The Hall–Kier alpha value is -1.08. The lowest BCUT2D eigenvalue weighted by atomic mass is 10.1. The zero-order valence-corrected chi connectivity index (χ0v) is 10.9. The normalized spacial score (nSPS) is 15.5. The molecule has 0 radical (unpaired) electrons. The Morgan fingerprint density at radius 1 is 1.33 bits per heavy atom. The van der Waals surface area contributed by atoms with E-state index in [0.717, 1.165) is 6.92 Å². The highest BCUT2D eigenvalue weighted by atomic mass is 31.2. The zero-order valence-electron chi connectivity index (χ0n) is 10.0. The van der Waals surface area contributed by atoms with Gasteiger partial charge in [-0.3, -0.25) is 23.4 Å². The standard InChI is InChI=1S/C9H15O8P/c1-3-16-18(13,14)17-6-8(9(12)4-10)5-15-7(2)11/h4,8H,3,5-6H2,1-2H3,(H,13,14). The van der Waals surface area contributed by atoms with Crippen LogP contribution >= 0.6 is 7.82 Å². The number of ether oxygens (including phenoxy) is 1. The molecule has 0 fully saturated rings. The molecule has 0 heterocycles. The molecule has 2 atom stereocenters. The van der Waals surface area contributed by atoms with Crippen molar-refractivity contribution in [3.8, 4) is 0 Å². The number of phosphoric ester groups is 1. The molecule has 0 spiro atoms. The Morgan fingerprint density at radius 3 is 2.39 bits per heavy atom. The zero-order chi connectivity index (χ0) is 14.2. The van der Waals surface area contributed by atoms with E-state index in [1.807, 2.05) is 0 Å². The fourth-order valence-electron chi connectivity index (χ4n) is 0.911. The molecule has 0 aliphatic heterocycles. The Labute approximate surface area is 104 Å². The van der Waals surface area contributed by atoms with Gasteiger partial charge in [-0.2, -0.15) is 0 Å². The average molecular weight is 282 g/mol. The first-order valence-corrected chi connectivity index (χ1v) is 6.56. The average Bonchev–Trinajstić information content (AvgIpc) is 2.27. The van der Waals surface area contributed by atoms with Crippen LogP contribution in [0.15, 0.2) is 0 Å². The lowest BCUT2D eigenvalue weighted by molar-refractivity contribution is -0.145. The fourth-order valence-corrected chi connectivity index (χ4v) is 1.68. The first-order valence-electron chi connectivity index (χ1n) is 5.06. The molecule has 9 heteroatoms. The highest BCUT2D eigenvalue weighted by Gasteiger charge is 2.26. The second-order valence-corrected chi connectivity index (χ2v) is 4.66. The van der Waals surface area contributed by atoms with E-state index in [4.69, 9.17) is 4.89 Å². The summed E-state index contributed by atoms with van der Waals surface area (Å²) in [6, 6.07) is 0. The van der Waals surface area contributed by atoms with Crippen molar-refractivity contribution in [3.05, 3.63) is 0 Å². The summed E-state index contributed by atoms with van der Waals surface area (Å²) < 4.78 is 24.6. The summed E-state index contributed by atoms with van der Waals surface area (Å²) in [5.74, 6) is -2.67. The Morgan fingerprint density at radius 2 is 1.94 bits per heavy atom. The third kappa shape index (κ3) is 7.29. The number of carbonyl (C=O) groups is 3. The second-order valence-electron chi connectivity index (χ2n) is 3.20. The molecule has 104 valence electrons. The molecule has 0 aromatic carbocycles. The van der Waals surface area contributed by atoms with E-state index in [1.54, 1.807) is 0 Å². The molecular formula is C9H15O8P. The van der Waals surface area contributed by atoms with Crippen molar-refractivity contribution in [3.63, 3.8) is 0 Å². The summed E-state index contributed by atoms with van der Waals surface area (Å²) >= 11 is 0. The molecular weight excluding hydrogens is 267 g/mol. The maximum absolute atomic E-state index is 11.2. The molecule has 0 saturated heterocycles. The molecule has 0 aromatic rings. The van der Waals surface area contributed by atoms with Gasteiger partial charge in [0.15, 0.2) is 6.29 Å². The van der Waals surface area contributed by atoms with Crippen molar-refractivity contribution < 1.29 is 37.6 Å². The number of ketones is 1. The molecule has 2 unspecified atom stereocenters. The van der Waals surface area contributed by atoms with E-state index in [9.17, 15) is 18.9 Å². The highest BCUT2D eigenvalue weighted by molar-refractivity contribution is 7.47. The van der Waals surface area contributed by atoms with Crippen LogP contribution in [0.2, 0.25) is 0 Å². The largest absolute Gasteiger partial charge is 0.472 e. The van der Waals surface area contributed by atoms with Crippen molar-refractivity contribution in [2.75, 3.05) is 19.8 Å². The number of Topliss-reactive ketones (excluding diaryl/α,β-unsaturated/α-hetero) is 1. The molecule has 0 bridgehead atoms. The number of carbonyl (C=O) groups excluding carboxylic acids is 3. The topological polar surface area (TPSA) is 116 Å². The van der Waals surface area contributed by atoms with E-state index in [0.29, 0.717) is 0 Å². The van der Waals surface area contributed by atoms with Crippen molar-refractivity contribution in [2.45, 2.75) is 13.8 Å². The van der Waals surface area contributed by atoms with Gasteiger partial charge in [-0.15, -0.1) is 0 Å². The van der Waals surface area contributed by atoms with Crippen LogP contribution in [0.4, 0.5) is 0 Å². The Balaban J connectivity index is 4.41. The summed E-state index contributed by atoms with van der Waals surface area (Å²) in [7, 11) is -4.25. The molecule has 0 aliphatic carbocycles. The van der Waals surface area contributed by atoms with E-state index in [2.05, 4.69) is 13.8 Å². The lowest BCUT2D eigenvalue weighted by Crippen LogP contribution is -2.26. The van der Waals surface area contributed by atoms with Crippen LogP contribution in [0.3, 0.4) is 0 Å². The van der Waals surface area contributed by atoms with Gasteiger partial charge in [0, 0.05) is 6.92 Å². The molecule has 0 saturated carbocycles.